The molecule has 3 heteroatoms. The van der Waals surface area contributed by atoms with Gasteiger partial charge in [-0.2, -0.15) is 0 Å². The monoisotopic (exact) mass is 233 g/mol. The van der Waals surface area contributed by atoms with E-state index in [2.05, 4.69) is 11.1 Å². The minimum atomic E-state index is 0.637. The Morgan fingerprint density at radius 1 is 1.24 bits per heavy atom. The van der Waals surface area contributed by atoms with Gasteiger partial charge in [0.2, 0.25) is 5.88 Å². The number of ether oxygens (including phenoxy) is 2. The second-order valence-corrected chi connectivity index (χ2v) is 5.04. The molecule has 0 atom stereocenters. The van der Waals surface area contributed by atoms with Crippen LogP contribution in [0.25, 0.3) is 0 Å². The standard InChI is InChI=1S/C14H19NO2/c1-2-13(12-3-4-12)14(15-7-1)17-10-11-5-8-16-9-6-11/h1-2,7,11-12H,3-6,8-10H2. The molecule has 1 aromatic rings. The Balaban J connectivity index is 1.60. The van der Waals surface area contributed by atoms with Gasteiger partial charge in [-0.15, -0.1) is 0 Å². The highest BCUT2D eigenvalue weighted by molar-refractivity contribution is 5.32. The van der Waals surface area contributed by atoms with Crippen LogP contribution in [0.5, 0.6) is 5.88 Å². The first-order valence-corrected chi connectivity index (χ1v) is 6.59. The van der Waals surface area contributed by atoms with Crippen molar-refractivity contribution in [3.63, 3.8) is 0 Å². The van der Waals surface area contributed by atoms with Gasteiger partial charge in [-0.25, -0.2) is 4.98 Å². The van der Waals surface area contributed by atoms with Crippen molar-refractivity contribution in [2.45, 2.75) is 31.6 Å². The van der Waals surface area contributed by atoms with Crippen molar-refractivity contribution in [1.29, 1.82) is 0 Å². The first-order valence-electron chi connectivity index (χ1n) is 6.59. The minimum Gasteiger partial charge on any atom is -0.477 e. The molecule has 2 fully saturated rings. The third-order valence-electron chi connectivity index (χ3n) is 3.61. The summed E-state index contributed by atoms with van der Waals surface area (Å²) in [6.45, 7) is 2.55. The number of hydrogen-bond acceptors (Lipinski definition) is 3. The lowest BCUT2D eigenvalue weighted by Gasteiger charge is -2.22. The van der Waals surface area contributed by atoms with Crippen molar-refractivity contribution in [1.82, 2.24) is 4.98 Å². The molecule has 0 amide bonds. The summed E-state index contributed by atoms with van der Waals surface area (Å²) in [7, 11) is 0. The SMILES string of the molecule is c1cnc(OCC2CCOCC2)c(C2CC2)c1. The fourth-order valence-corrected chi connectivity index (χ4v) is 2.34. The van der Waals surface area contributed by atoms with Crippen molar-refractivity contribution < 1.29 is 9.47 Å². The molecule has 92 valence electrons. The van der Waals surface area contributed by atoms with E-state index in [9.17, 15) is 0 Å². The summed E-state index contributed by atoms with van der Waals surface area (Å²) < 4.78 is 11.3. The molecule has 0 spiro atoms. The normalized spacial score (nSPS) is 21.4. The predicted octanol–water partition coefficient (Wildman–Crippen LogP) is 2.76. The third kappa shape index (κ3) is 2.78. The molecule has 1 aliphatic carbocycles. The summed E-state index contributed by atoms with van der Waals surface area (Å²) in [6, 6.07) is 4.17. The summed E-state index contributed by atoms with van der Waals surface area (Å²) in [6.07, 6.45) is 6.64. The van der Waals surface area contributed by atoms with Crippen molar-refractivity contribution in [3.8, 4) is 5.88 Å². The van der Waals surface area contributed by atoms with Gasteiger partial charge in [0, 0.05) is 25.0 Å². The molecular formula is C14H19NO2. The molecule has 0 unspecified atom stereocenters. The molecule has 0 bridgehead atoms. The third-order valence-corrected chi connectivity index (χ3v) is 3.61. The van der Waals surface area contributed by atoms with Crippen molar-refractivity contribution >= 4 is 0 Å². The van der Waals surface area contributed by atoms with E-state index in [1.807, 2.05) is 12.3 Å². The Morgan fingerprint density at radius 3 is 2.82 bits per heavy atom. The summed E-state index contributed by atoms with van der Waals surface area (Å²) in [4.78, 5) is 4.37. The lowest BCUT2D eigenvalue weighted by molar-refractivity contribution is 0.0489. The maximum absolute atomic E-state index is 5.91. The molecule has 3 rings (SSSR count). The van der Waals surface area contributed by atoms with Crippen LogP contribution in [0, 0.1) is 5.92 Å². The van der Waals surface area contributed by atoms with E-state index in [0.717, 1.165) is 38.5 Å². The molecule has 0 radical (unpaired) electrons. The fraction of sp³-hybridized carbons (Fsp3) is 0.643. The van der Waals surface area contributed by atoms with E-state index >= 15 is 0 Å². The highest BCUT2D eigenvalue weighted by Crippen LogP contribution is 2.43. The molecule has 0 N–H and O–H groups in total. The van der Waals surface area contributed by atoms with Crippen LogP contribution in [0.4, 0.5) is 0 Å². The first-order chi connectivity index (χ1) is 8.43. The topological polar surface area (TPSA) is 31.4 Å². The van der Waals surface area contributed by atoms with Gasteiger partial charge in [-0.3, -0.25) is 0 Å². The second-order valence-electron chi connectivity index (χ2n) is 5.04. The van der Waals surface area contributed by atoms with E-state index in [1.165, 1.54) is 18.4 Å². The van der Waals surface area contributed by atoms with Gasteiger partial charge in [0.05, 0.1) is 6.61 Å². The van der Waals surface area contributed by atoms with Crippen LogP contribution in [-0.2, 0) is 4.74 Å². The molecule has 1 saturated carbocycles. The van der Waals surface area contributed by atoms with E-state index in [4.69, 9.17) is 9.47 Å². The minimum absolute atomic E-state index is 0.637. The Labute approximate surface area is 102 Å². The van der Waals surface area contributed by atoms with Crippen molar-refractivity contribution in [2.24, 2.45) is 5.92 Å². The maximum Gasteiger partial charge on any atom is 0.216 e. The zero-order valence-electron chi connectivity index (χ0n) is 10.1. The molecular weight excluding hydrogens is 214 g/mol. The average Bonchev–Trinajstić information content (AvgIpc) is 3.22. The van der Waals surface area contributed by atoms with Crippen molar-refractivity contribution in [2.75, 3.05) is 19.8 Å². The Morgan fingerprint density at radius 2 is 2.06 bits per heavy atom. The van der Waals surface area contributed by atoms with Gasteiger partial charge < -0.3 is 9.47 Å². The summed E-state index contributed by atoms with van der Waals surface area (Å²) in [5.41, 5.74) is 1.31. The Bertz CT molecular complexity index is 370. The van der Waals surface area contributed by atoms with Gasteiger partial charge >= 0.3 is 0 Å². The maximum atomic E-state index is 5.91. The summed E-state index contributed by atoms with van der Waals surface area (Å²) in [5.74, 6) is 2.20. The number of hydrogen-bond donors (Lipinski definition) is 0. The fourth-order valence-electron chi connectivity index (χ4n) is 2.34. The van der Waals surface area contributed by atoms with Crippen LogP contribution in [0.1, 0.15) is 37.2 Å². The summed E-state index contributed by atoms with van der Waals surface area (Å²) in [5, 5.41) is 0. The quantitative estimate of drug-likeness (QED) is 0.801. The molecule has 17 heavy (non-hydrogen) atoms. The molecule has 3 nitrogen and oxygen atoms in total. The molecule has 2 aliphatic rings. The van der Waals surface area contributed by atoms with E-state index in [1.54, 1.807) is 0 Å². The highest BCUT2D eigenvalue weighted by atomic mass is 16.5. The van der Waals surface area contributed by atoms with Gasteiger partial charge in [0.1, 0.15) is 0 Å². The van der Waals surface area contributed by atoms with Crippen LogP contribution in [0.2, 0.25) is 0 Å². The molecule has 1 aliphatic heterocycles. The largest absolute Gasteiger partial charge is 0.477 e. The smallest absolute Gasteiger partial charge is 0.216 e. The Kier molecular flexibility index (Phi) is 3.27. The number of rotatable bonds is 4. The van der Waals surface area contributed by atoms with Gasteiger partial charge in [-0.05, 0) is 43.6 Å². The lowest BCUT2D eigenvalue weighted by Crippen LogP contribution is -2.21. The molecule has 2 heterocycles. The number of pyridine rings is 1. The Hall–Kier alpha value is -1.09. The first kappa shape index (κ1) is 11.0. The van der Waals surface area contributed by atoms with Crippen LogP contribution in [-0.4, -0.2) is 24.8 Å². The predicted molar refractivity (Wildman–Crippen MR) is 65.3 cm³/mol. The van der Waals surface area contributed by atoms with Crippen LogP contribution in [0.3, 0.4) is 0 Å². The molecule has 1 saturated heterocycles. The zero-order valence-corrected chi connectivity index (χ0v) is 10.1. The summed E-state index contributed by atoms with van der Waals surface area (Å²) >= 11 is 0. The second kappa shape index (κ2) is 5.05. The van der Waals surface area contributed by atoms with Crippen molar-refractivity contribution in [3.05, 3.63) is 23.9 Å². The molecule has 0 aromatic carbocycles. The van der Waals surface area contributed by atoms with Crippen LogP contribution >= 0.6 is 0 Å². The number of nitrogens with zero attached hydrogens (tertiary/aromatic N) is 1. The van der Waals surface area contributed by atoms with E-state index in [0.29, 0.717) is 11.8 Å². The van der Waals surface area contributed by atoms with Gasteiger partial charge in [0.25, 0.3) is 0 Å². The van der Waals surface area contributed by atoms with Gasteiger partial charge in [0.15, 0.2) is 0 Å². The zero-order chi connectivity index (χ0) is 11.5. The lowest BCUT2D eigenvalue weighted by atomic mass is 10.0. The highest BCUT2D eigenvalue weighted by Gasteiger charge is 2.27. The molecule has 1 aromatic heterocycles. The van der Waals surface area contributed by atoms with Crippen LogP contribution < -0.4 is 4.74 Å². The van der Waals surface area contributed by atoms with Crippen LogP contribution in [0.15, 0.2) is 18.3 Å². The van der Waals surface area contributed by atoms with E-state index in [-0.39, 0.29) is 0 Å². The average molecular weight is 233 g/mol. The number of aromatic nitrogens is 1. The van der Waals surface area contributed by atoms with Gasteiger partial charge in [-0.1, -0.05) is 6.07 Å². The van der Waals surface area contributed by atoms with E-state index < -0.39 is 0 Å².